The molecule has 1 heterocycles. The smallest absolute Gasteiger partial charge is 0.304 e. The van der Waals surface area contributed by atoms with Gasteiger partial charge in [0.05, 0.1) is 5.69 Å². The Kier molecular flexibility index (Phi) is 4.55. The van der Waals surface area contributed by atoms with Crippen molar-refractivity contribution in [3.8, 4) is 0 Å². The molecule has 1 fully saturated rings. The Morgan fingerprint density at radius 1 is 1.25 bits per heavy atom. The van der Waals surface area contributed by atoms with E-state index in [0.717, 1.165) is 12.8 Å². The fourth-order valence-electron chi connectivity index (χ4n) is 2.47. The lowest BCUT2D eigenvalue weighted by atomic mass is 10.0. The number of nitrogens with zero attached hydrogens (tertiary/aromatic N) is 2. The topological polar surface area (TPSA) is 66.6 Å². The van der Waals surface area contributed by atoms with Crippen LogP contribution in [0, 0.1) is 5.92 Å². The summed E-state index contributed by atoms with van der Waals surface area (Å²) in [5.74, 6) is 0.605. The summed E-state index contributed by atoms with van der Waals surface area (Å²) in [6, 6.07) is 6.96. The maximum Gasteiger partial charge on any atom is 0.304 e. The number of benzene rings is 1. The second-order valence-corrected chi connectivity index (χ2v) is 7.20. The van der Waals surface area contributed by atoms with E-state index in [0.29, 0.717) is 36.9 Å². The van der Waals surface area contributed by atoms with Crippen molar-refractivity contribution in [1.29, 1.82) is 0 Å². The molecule has 0 unspecified atom stereocenters. The van der Waals surface area contributed by atoms with E-state index in [1.165, 1.54) is 4.31 Å². The van der Waals surface area contributed by atoms with Crippen molar-refractivity contribution in [3.63, 3.8) is 0 Å². The fourth-order valence-corrected chi connectivity index (χ4v) is 4.14. The summed E-state index contributed by atoms with van der Waals surface area (Å²) in [5, 5.41) is 0. The molecule has 0 bridgehead atoms. The first-order chi connectivity index (χ1) is 9.45. The van der Waals surface area contributed by atoms with Crippen molar-refractivity contribution in [2.75, 3.05) is 29.7 Å². The summed E-state index contributed by atoms with van der Waals surface area (Å²) >= 11 is 0. The van der Waals surface area contributed by atoms with Gasteiger partial charge in [-0.25, -0.2) is 0 Å². The van der Waals surface area contributed by atoms with E-state index in [2.05, 4.69) is 6.92 Å². The third-order valence-corrected chi connectivity index (χ3v) is 5.86. The summed E-state index contributed by atoms with van der Waals surface area (Å²) in [6.07, 6.45) is 1.86. The van der Waals surface area contributed by atoms with E-state index in [1.54, 1.807) is 28.6 Å². The van der Waals surface area contributed by atoms with E-state index in [4.69, 9.17) is 5.73 Å². The molecule has 0 radical (unpaired) electrons. The maximum atomic E-state index is 12.7. The highest BCUT2D eigenvalue weighted by molar-refractivity contribution is 7.90. The maximum absolute atomic E-state index is 12.7. The van der Waals surface area contributed by atoms with Gasteiger partial charge in [0.15, 0.2) is 0 Å². The molecule has 5 nitrogen and oxygen atoms in total. The molecule has 0 aliphatic carbocycles. The third-order valence-electron chi connectivity index (χ3n) is 3.82. The van der Waals surface area contributed by atoms with E-state index in [9.17, 15) is 8.42 Å². The zero-order valence-corrected chi connectivity index (χ0v) is 12.9. The van der Waals surface area contributed by atoms with Crippen molar-refractivity contribution < 1.29 is 8.42 Å². The van der Waals surface area contributed by atoms with Crippen LogP contribution in [0.4, 0.5) is 11.4 Å². The molecule has 6 heteroatoms. The summed E-state index contributed by atoms with van der Waals surface area (Å²) in [6.45, 7) is 5.64. The van der Waals surface area contributed by atoms with Crippen molar-refractivity contribution in [2.45, 2.75) is 26.7 Å². The molecule has 1 aliphatic heterocycles. The van der Waals surface area contributed by atoms with Crippen LogP contribution in [0.3, 0.4) is 0 Å². The van der Waals surface area contributed by atoms with Crippen LogP contribution in [0.25, 0.3) is 0 Å². The molecular weight excluding hydrogens is 274 g/mol. The highest BCUT2D eigenvalue weighted by atomic mass is 32.2. The molecule has 0 spiro atoms. The molecule has 0 atom stereocenters. The van der Waals surface area contributed by atoms with Gasteiger partial charge in [0.1, 0.15) is 0 Å². The van der Waals surface area contributed by atoms with Gasteiger partial charge in [0.2, 0.25) is 0 Å². The van der Waals surface area contributed by atoms with Crippen LogP contribution in [-0.4, -0.2) is 32.4 Å². The molecule has 20 heavy (non-hydrogen) atoms. The number of piperidine rings is 1. The van der Waals surface area contributed by atoms with Gasteiger partial charge >= 0.3 is 10.2 Å². The largest absolute Gasteiger partial charge is 0.399 e. The van der Waals surface area contributed by atoms with Crippen molar-refractivity contribution >= 4 is 21.6 Å². The average molecular weight is 297 g/mol. The number of nitrogen functional groups attached to an aromatic ring is 1. The van der Waals surface area contributed by atoms with Gasteiger partial charge in [-0.1, -0.05) is 6.92 Å². The summed E-state index contributed by atoms with van der Waals surface area (Å²) < 4.78 is 28.5. The van der Waals surface area contributed by atoms with E-state index >= 15 is 0 Å². The van der Waals surface area contributed by atoms with Crippen molar-refractivity contribution in [3.05, 3.63) is 24.3 Å². The second kappa shape index (κ2) is 6.01. The monoisotopic (exact) mass is 297 g/mol. The highest BCUT2D eigenvalue weighted by Gasteiger charge is 2.31. The SMILES string of the molecule is CCN(c1ccc(N)cc1)S(=O)(=O)N1CCC(C)CC1. The van der Waals surface area contributed by atoms with Gasteiger partial charge < -0.3 is 5.73 Å². The Bertz CT molecular complexity index is 534. The lowest BCUT2D eigenvalue weighted by molar-refractivity contribution is 0.287. The Morgan fingerprint density at radius 2 is 1.80 bits per heavy atom. The quantitative estimate of drug-likeness (QED) is 0.865. The van der Waals surface area contributed by atoms with E-state index < -0.39 is 10.2 Å². The Balaban J connectivity index is 2.23. The van der Waals surface area contributed by atoms with Crippen LogP contribution >= 0.6 is 0 Å². The molecular formula is C14H23N3O2S. The third kappa shape index (κ3) is 3.07. The molecule has 0 amide bonds. The predicted octanol–water partition coefficient (Wildman–Crippen LogP) is 2.07. The number of hydrogen-bond acceptors (Lipinski definition) is 3. The normalized spacial score (nSPS) is 18.1. The lowest BCUT2D eigenvalue weighted by Gasteiger charge is -2.34. The molecule has 1 saturated heterocycles. The van der Waals surface area contributed by atoms with Crippen LogP contribution in [0.2, 0.25) is 0 Å². The first-order valence-corrected chi connectivity index (χ1v) is 8.48. The molecule has 0 aromatic heterocycles. The number of rotatable bonds is 4. The average Bonchev–Trinajstić information content (AvgIpc) is 2.42. The molecule has 2 N–H and O–H groups in total. The first-order valence-electron chi connectivity index (χ1n) is 7.08. The lowest BCUT2D eigenvalue weighted by Crippen LogP contribution is -2.47. The number of anilines is 2. The fraction of sp³-hybridized carbons (Fsp3) is 0.571. The van der Waals surface area contributed by atoms with Crippen LogP contribution in [-0.2, 0) is 10.2 Å². The zero-order chi connectivity index (χ0) is 14.8. The second-order valence-electron chi connectivity index (χ2n) is 5.35. The highest BCUT2D eigenvalue weighted by Crippen LogP contribution is 2.25. The van der Waals surface area contributed by atoms with Gasteiger partial charge in [-0.2, -0.15) is 12.7 Å². The summed E-state index contributed by atoms with van der Waals surface area (Å²) in [4.78, 5) is 0. The first kappa shape index (κ1) is 15.1. The molecule has 1 aliphatic rings. The zero-order valence-electron chi connectivity index (χ0n) is 12.1. The van der Waals surface area contributed by atoms with Gasteiger partial charge in [0, 0.05) is 25.3 Å². The van der Waals surface area contributed by atoms with Crippen LogP contribution in [0.15, 0.2) is 24.3 Å². The van der Waals surface area contributed by atoms with Crippen LogP contribution in [0.1, 0.15) is 26.7 Å². The minimum Gasteiger partial charge on any atom is -0.399 e. The molecule has 1 aromatic rings. The van der Waals surface area contributed by atoms with Crippen LogP contribution < -0.4 is 10.0 Å². The summed E-state index contributed by atoms with van der Waals surface area (Å²) in [7, 11) is -3.44. The minimum atomic E-state index is -3.44. The van der Waals surface area contributed by atoms with Gasteiger partial charge in [-0.3, -0.25) is 4.31 Å². The predicted molar refractivity (Wildman–Crippen MR) is 82.8 cm³/mol. The standard InChI is InChI=1S/C14H23N3O2S/c1-3-17(14-6-4-13(15)5-7-14)20(18,19)16-10-8-12(2)9-11-16/h4-7,12H,3,8-11,15H2,1-2H3. The van der Waals surface area contributed by atoms with Gasteiger partial charge in [-0.15, -0.1) is 0 Å². The number of nitrogens with two attached hydrogens (primary N) is 1. The molecule has 2 rings (SSSR count). The summed E-state index contributed by atoms with van der Waals surface area (Å²) in [5.41, 5.74) is 6.96. The van der Waals surface area contributed by atoms with Crippen molar-refractivity contribution in [2.24, 2.45) is 5.92 Å². The Morgan fingerprint density at radius 3 is 2.30 bits per heavy atom. The van der Waals surface area contributed by atoms with Gasteiger partial charge in [0.25, 0.3) is 0 Å². The van der Waals surface area contributed by atoms with Gasteiger partial charge in [-0.05, 0) is 49.9 Å². The minimum absolute atomic E-state index is 0.415. The molecule has 1 aromatic carbocycles. The van der Waals surface area contributed by atoms with E-state index in [-0.39, 0.29) is 0 Å². The van der Waals surface area contributed by atoms with Crippen molar-refractivity contribution in [1.82, 2.24) is 4.31 Å². The van der Waals surface area contributed by atoms with Crippen LogP contribution in [0.5, 0.6) is 0 Å². The Hall–Kier alpha value is -1.27. The number of hydrogen-bond donors (Lipinski definition) is 1. The Labute approximate surface area is 121 Å². The van der Waals surface area contributed by atoms with E-state index in [1.807, 2.05) is 6.92 Å². The molecule has 0 saturated carbocycles. The molecule has 112 valence electrons.